The number of nitrogens with one attached hydrogen (secondary N) is 1. The van der Waals surface area contributed by atoms with Gasteiger partial charge in [-0.15, -0.1) is 0 Å². The zero-order valence-electron chi connectivity index (χ0n) is 8.33. The standard InChI is InChI=1S/C10H16FN3/c1-2-3-4-10(14-12)8-5-6-13-7-9(8)11/h5-7,10,14H,2-4,12H2,1H3. The minimum absolute atomic E-state index is 0.113. The van der Waals surface area contributed by atoms with Crippen molar-refractivity contribution >= 4 is 0 Å². The van der Waals surface area contributed by atoms with Gasteiger partial charge in [0, 0.05) is 17.8 Å². The molecule has 0 saturated heterocycles. The summed E-state index contributed by atoms with van der Waals surface area (Å²) >= 11 is 0. The van der Waals surface area contributed by atoms with Gasteiger partial charge in [0.05, 0.1) is 6.20 Å². The number of hydrazine groups is 1. The van der Waals surface area contributed by atoms with Crippen LogP contribution in [0.2, 0.25) is 0 Å². The van der Waals surface area contributed by atoms with Crippen LogP contribution in [0.3, 0.4) is 0 Å². The molecule has 0 aliphatic heterocycles. The summed E-state index contributed by atoms with van der Waals surface area (Å²) in [4.78, 5) is 3.70. The third-order valence-corrected chi connectivity index (χ3v) is 2.23. The van der Waals surface area contributed by atoms with Crippen LogP contribution in [0.15, 0.2) is 18.5 Å². The van der Waals surface area contributed by atoms with Crippen molar-refractivity contribution in [2.24, 2.45) is 5.84 Å². The van der Waals surface area contributed by atoms with Crippen LogP contribution in [0.5, 0.6) is 0 Å². The minimum Gasteiger partial charge on any atom is -0.271 e. The molecule has 78 valence electrons. The van der Waals surface area contributed by atoms with Crippen molar-refractivity contribution in [2.75, 3.05) is 0 Å². The van der Waals surface area contributed by atoms with Gasteiger partial charge < -0.3 is 0 Å². The molecule has 0 spiro atoms. The Kier molecular flexibility index (Phi) is 4.49. The molecule has 1 aromatic rings. The zero-order valence-corrected chi connectivity index (χ0v) is 8.33. The highest BCUT2D eigenvalue weighted by Gasteiger charge is 2.12. The molecule has 0 aliphatic carbocycles. The Labute approximate surface area is 83.5 Å². The van der Waals surface area contributed by atoms with E-state index in [1.165, 1.54) is 6.20 Å². The second kappa shape index (κ2) is 5.67. The lowest BCUT2D eigenvalue weighted by molar-refractivity contribution is 0.468. The van der Waals surface area contributed by atoms with Crippen molar-refractivity contribution in [3.8, 4) is 0 Å². The Morgan fingerprint density at radius 1 is 1.64 bits per heavy atom. The molecule has 4 heteroatoms. The van der Waals surface area contributed by atoms with Gasteiger partial charge in [0.25, 0.3) is 0 Å². The monoisotopic (exact) mass is 197 g/mol. The normalized spacial score (nSPS) is 12.8. The molecule has 0 aromatic carbocycles. The summed E-state index contributed by atoms with van der Waals surface area (Å²) in [6.45, 7) is 2.09. The van der Waals surface area contributed by atoms with Gasteiger partial charge in [-0.1, -0.05) is 19.8 Å². The first-order valence-corrected chi connectivity index (χ1v) is 4.85. The SMILES string of the molecule is CCCCC(NN)c1ccncc1F. The third-order valence-electron chi connectivity index (χ3n) is 2.23. The van der Waals surface area contributed by atoms with E-state index >= 15 is 0 Å². The minimum atomic E-state index is -0.299. The van der Waals surface area contributed by atoms with Gasteiger partial charge in [-0.05, 0) is 12.5 Å². The van der Waals surface area contributed by atoms with Crippen LogP contribution in [0.4, 0.5) is 4.39 Å². The van der Waals surface area contributed by atoms with E-state index in [2.05, 4.69) is 17.3 Å². The molecule has 0 saturated carbocycles. The van der Waals surface area contributed by atoms with Crippen LogP contribution >= 0.6 is 0 Å². The topological polar surface area (TPSA) is 50.9 Å². The Morgan fingerprint density at radius 3 is 3.00 bits per heavy atom. The first-order valence-electron chi connectivity index (χ1n) is 4.85. The molecular weight excluding hydrogens is 181 g/mol. The van der Waals surface area contributed by atoms with Crippen molar-refractivity contribution in [2.45, 2.75) is 32.2 Å². The summed E-state index contributed by atoms with van der Waals surface area (Å²) in [6.07, 6.45) is 5.73. The molecule has 0 fully saturated rings. The van der Waals surface area contributed by atoms with Gasteiger partial charge in [-0.2, -0.15) is 0 Å². The number of rotatable bonds is 5. The lowest BCUT2D eigenvalue weighted by Crippen LogP contribution is -2.28. The van der Waals surface area contributed by atoms with E-state index in [1.54, 1.807) is 12.3 Å². The van der Waals surface area contributed by atoms with E-state index in [9.17, 15) is 4.39 Å². The van der Waals surface area contributed by atoms with Crippen LogP contribution in [-0.4, -0.2) is 4.98 Å². The van der Waals surface area contributed by atoms with Crippen LogP contribution in [0, 0.1) is 5.82 Å². The van der Waals surface area contributed by atoms with Gasteiger partial charge in [0.2, 0.25) is 0 Å². The fraction of sp³-hybridized carbons (Fsp3) is 0.500. The third kappa shape index (κ3) is 2.75. The van der Waals surface area contributed by atoms with Gasteiger partial charge in [-0.3, -0.25) is 16.3 Å². The smallest absolute Gasteiger partial charge is 0.146 e. The molecule has 1 atom stereocenters. The summed E-state index contributed by atoms with van der Waals surface area (Å²) in [6, 6.07) is 1.55. The highest BCUT2D eigenvalue weighted by molar-refractivity contribution is 5.16. The average molecular weight is 197 g/mol. The molecule has 0 radical (unpaired) electrons. The van der Waals surface area contributed by atoms with Crippen molar-refractivity contribution in [1.29, 1.82) is 0 Å². The second-order valence-electron chi connectivity index (χ2n) is 3.26. The fourth-order valence-corrected chi connectivity index (χ4v) is 1.41. The van der Waals surface area contributed by atoms with E-state index in [4.69, 9.17) is 5.84 Å². The fourth-order valence-electron chi connectivity index (χ4n) is 1.41. The van der Waals surface area contributed by atoms with E-state index in [0.29, 0.717) is 5.56 Å². The van der Waals surface area contributed by atoms with Gasteiger partial charge in [0.15, 0.2) is 0 Å². The highest BCUT2D eigenvalue weighted by Crippen LogP contribution is 2.20. The number of nitrogens with two attached hydrogens (primary N) is 1. The maximum Gasteiger partial charge on any atom is 0.146 e. The molecule has 1 rings (SSSR count). The van der Waals surface area contributed by atoms with Crippen LogP contribution in [-0.2, 0) is 0 Å². The lowest BCUT2D eigenvalue weighted by Gasteiger charge is -2.15. The van der Waals surface area contributed by atoms with Crippen molar-refractivity contribution in [3.05, 3.63) is 29.8 Å². The van der Waals surface area contributed by atoms with Crippen molar-refractivity contribution in [1.82, 2.24) is 10.4 Å². The molecule has 3 N–H and O–H groups in total. The number of pyridine rings is 1. The number of nitrogens with zero attached hydrogens (tertiary/aromatic N) is 1. The molecule has 1 unspecified atom stereocenters. The predicted octanol–water partition coefficient (Wildman–Crippen LogP) is 1.92. The summed E-state index contributed by atoms with van der Waals surface area (Å²) in [7, 11) is 0. The van der Waals surface area contributed by atoms with E-state index < -0.39 is 0 Å². The Balaban J connectivity index is 2.73. The zero-order chi connectivity index (χ0) is 10.4. The number of hydrogen-bond acceptors (Lipinski definition) is 3. The summed E-state index contributed by atoms with van der Waals surface area (Å²) in [5.41, 5.74) is 3.22. The van der Waals surface area contributed by atoms with Crippen LogP contribution < -0.4 is 11.3 Å². The first kappa shape index (κ1) is 11.1. The summed E-state index contributed by atoms with van der Waals surface area (Å²) in [5, 5.41) is 0. The molecule has 1 heterocycles. The van der Waals surface area contributed by atoms with Gasteiger partial charge >= 0.3 is 0 Å². The van der Waals surface area contributed by atoms with Gasteiger partial charge in [0.1, 0.15) is 5.82 Å². The average Bonchev–Trinajstić information content (AvgIpc) is 2.21. The molecule has 0 amide bonds. The Hall–Kier alpha value is -1.00. The van der Waals surface area contributed by atoms with E-state index in [1.807, 2.05) is 0 Å². The molecule has 0 aliphatic rings. The molecule has 0 bridgehead atoms. The number of aromatic nitrogens is 1. The van der Waals surface area contributed by atoms with Crippen molar-refractivity contribution < 1.29 is 4.39 Å². The first-order chi connectivity index (χ1) is 6.79. The lowest BCUT2D eigenvalue weighted by atomic mass is 10.0. The maximum atomic E-state index is 13.3. The summed E-state index contributed by atoms with van der Waals surface area (Å²) in [5.74, 6) is 5.08. The second-order valence-corrected chi connectivity index (χ2v) is 3.26. The predicted molar refractivity (Wildman–Crippen MR) is 53.8 cm³/mol. The summed E-state index contributed by atoms with van der Waals surface area (Å²) < 4.78 is 13.3. The highest BCUT2D eigenvalue weighted by atomic mass is 19.1. The number of unbranched alkanes of at least 4 members (excludes halogenated alkanes) is 1. The largest absolute Gasteiger partial charge is 0.271 e. The van der Waals surface area contributed by atoms with Crippen LogP contribution in [0.1, 0.15) is 37.8 Å². The Morgan fingerprint density at radius 2 is 2.43 bits per heavy atom. The number of halogens is 1. The van der Waals surface area contributed by atoms with E-state index in [-0.39, 0.29) is 11.9 Å². The van der Waals surface area contributed by atoms with Crippen LogP contribution in [0.25, 0.3) is 0 Å². The molecular formula is C10H16FN3. The van der Waals surface area contributed by atoms with E-state index in [0.717, 1.165) is 19.3 Å². The Bertz CT molecular complexity index is 278. The van der Waals surface area contributed by atoms with Crippen molar-refractivity contribution in [3.63, 3.8) is 0 Å². The molecule has 14 heavy (non-hydrogen) atoms. The molecule has 1 aromatic heterocycles. The number of hydrogen-bond donors (Lipinski definition) is 2. The quantitative estimate of drug-likeness (QED) is 0.560. The van der Waals surface area contributed by atoms with Gasteiger partial charge in [-0.25, -0.2) is 4.39 Å². The molecule has 3 nitrogen and oxygen atoms in total. The maximum absolute atomic E-state index is 13.3.